The highest BCUT2D eigenvalue weighted by molar-refractivity contribution is 7.47. The summed E-state index contributed by atoms with van der Waals surface area (Å²) in [7, 11) is 1.48. The molecule has 2 N–H and O–H groups in total. The number of allylic oxidation sites excluding steroid dienone is 11. The van der Waals surface area contributed by atoms with Gasteiger partial charge >= 0.3 is 13.8 Å². The van der Waals surface area contributed by atoms with Crippen LogP contribution in [0.5, 0.6) is 0 Å². The molecule has 0 fully saturated rings. The average Bonchev–Trinajstić information content (AvgIpc) is 3.45. The number of esters is 1. The molecule has 1 amide bonds. The number of amides is 1. The maximum atomic E-state index is 13.6. The van der Waals surface area contributed by atoms with Crippen LogP contribution in [-0.2, 0) is 27.9 Å². The number of carbonyl (C=O) groups excluding carboxylic acids is 2. The van der Waals surface area contributed by atoms with E-state index < -0.39 is 20.0 Å². The van der Waals surface area contributed by atoms with Crippen molar-refractivity contribution in [2.45, 2.75) is 335 Å². The minimum absolute atomic E-state index is 0.0341. The quantitative estimate of drug-likeness (QED) is 0.0156. The van der Waals surface area contributed by atoms with E-state index in [-0.39, 0.29) is 31.5 Å². The van der Waals surface area contributed by atoms with Crippen molar-refractivity contribution in [1.29, 1.82) is 0 Å². The van der Waals surface area contributed by atoms with Crippen molar-refractivity contribution in [3.63, 3.8) is 0 Å². The van der Waals surface area contributed by atoms with Gasteiger partial charge in [-0.3, -0.25) is 18.6 Å². The molecule has 0 rings (SSSR count). The molecule has 0 heterocycles. The van der Waals surface area contributed by atoms with Gasteiger partial charge in [-0.15, -0.1) is 0 Å². The molecule has 0 bridgehead atoms. The van der Waals surface area contributed by atoms with Crippen molar-refractivity contribution in [2.24, 2.45) is 0 Å². The maximum Gasteiger partial charge on any atom is 0.472 e. The monoisotopic (exact) mass is 1170 g/mol. The standard InChI is InChI=1S/C72H133N2O7P/c1-7-10-13-16-19-22-25-28-30-32-33-34-35-36-37-38-39-40-41-42-44-47-50-53-56-59-62-65-72(76)81-70(63-60-57-54-51-48-45-27-24-21-18-15-12-9-3)69(68-80-82(77,78)79-67-66-74(4,5)6)73-71(75)64-61-58-55-52-49-46-43-31-29-26-23-20-17-14-11-8-2/h19,22,28,30-31,33-34,43,46,49,60,63,69-70H,7-18,20-21,23-27,29,32,35-42,44-45,47-48,50-59,61-62,64-68H2,1-6H3,(H-,73,75,77,78)/p+1/b22-19-,30-28-,34-33-,43-31+,49-46+,63-60-. The normalized spacial score (nSPS) is 14.0. The zero-order valence-electron chi connectivity index (χ0n) is 54.7. The molecular weight excluding hydrogens is 1040 g/mol. The smallest absolute Gasteiger partial charge is 0.456 e. The minimum atomic E-state index is -4.46. The van der Waals surface area contributed by atoms with E-state index in [1.54, 1.807) is 0 Å². The van der Waals surface area contributed by atoms with Crippen LogP contribution in [0.25, 0.3) is 0 Å². The Kier molecular flexibility index (Phi) is 59.6. The van der Waals surface area contributed by atoms with Gasteiger partial charge in [-0.05, 0) is 96.0 Å². The van der Waals surface area contributed by atoms with Crippen LogP contribution in [0, 0.1) is 0 Å². The Morgan fingerprint density at radius 3 is 1.22 bits per heavy atom. The lowest BCUT2D eigenvalue weighted by Crippen LogP contribution is -2.47. The van der Waals surface area contributed by atoms with Crippen molar-refractivity contribution in [3.05, 3.63) is 72.9 Å². The maximum absolute atomic E-state index is 13.6. The van der Waals surface area contributed by atoms with Crippen LogP contribution < -0.4 is 5.32 Å². The van der Waals surface area contributed by atoms with Crippen molar-refractivity contribution in [1.82, 2.24) is 5.32 Å². The van der Waals surface area contributed by atoms with Crippen molar-refractivity contribution >= 4 is 19.7 Å². The van der Waals surface area contributed by atoms with Crippen LogP contribution in [0.4, 0.5) is 0 Å². The summed E-state index contributed by atoms with van der Waals surface area (Å²) in [5.74, 6) is -0.528. The first-order valence-electron chi connectivity index (χ1n) is 34.8. The second kappa shape index (κ2) is 61.5. The SMILES string of the molecule is CCCCC/C=C\C/C=C\C/C=C\CCCCCCCCCCCCCCCCC(=O)OC(/C=C\CCCCCCCCCCCCC)C(COP(=O)(O)OCC[N+](C)(C)C)NC(=O)CCCCC/C=C/C=C/CCCCCCCCC. The van der Waals surface area contributed by atoms with E-state index in [9.17, 15) is 19.0 Å². The Labute approximate surface area is 508 Å². The second-order valence-electron chi connectivity index (χ2n) is 24.7. The number of phosphoric acid groups is 1. The van der Waals surface area contributed by atoms with E-state index in [0.717, 1.165) is 77.0 Å². The predicted octanol–water partition coefficient (Wildman–Crippen LogP) is 22.0. The highest BCUT2D eigenvalue weighted by atomic mass is 31.2. The van der Waals surface area contributed by atoms with Crippen molar-refractivity contribution in [2.75, 3.05) is 40.9 Å². The molecule has 0 aliphatic rings. The molecule has 3 unspecified atom stereocenters. The molecule has 0 aromatic heterocycles. The summed E-state index contributed by atoms with van der Waals surface area (Å²) in [6, 6.07) is -0.864. The fourth-order valence-corrected chi connectivity index (χ4v) is 10.7. The van der Waals surface area contributed by atoms with E-state index in [0.29, 0.717) is 23.9 Å². The molecule has 0 spiro atoms. The highest BCUT2D eigenvalue weighted by Crippen LogP contribution is 2.43. The largest absolute Gasteiger partial charge is 0.472 e. The van der Waals surface area contributed by atoms with Gasteiger partial charge in [-0.25, -0.2) is 4.57 Å². The van der Waals surface area contributed by atoms with Gasteiger partial charge in [0.25, 0.3) is 0 Å². The van der Waals surface area contributed by atoms with Crippen LogP contribution in [0.1, 0.15) is 323 Å². The van der Waals surface area contributed by atoms with Crippen LogP contribution in [0.15, 0.2) is 72.9 Å². The number of rotatable bonds is 63. The van der Waals surface area contributed by atoms with Crippen LogP contribution >= 0.6 is 7.82 Å². The van der Waals surface area contributed by atoms with Gasteiger partial charge in [0, 0.05) is 12.8 Å². The van der Waals surface area contributed by atoms with E-state index in [2.05, 4.69) is 86.8 Å². The molecule has 0 aromatic rings. The third kappa shape index (κ3) is 62.0. The predicted molar refractivity (Wildman–Crippen MR) is 355 cm³/mol. The summed E-state index contributed by atoms with van der Waals surface area (Å²) < 4.78 is 30.8. The number of nitrogens with zero attached hydrogens (tertiary/aromatic N) is 1. The molecule has 0 saturated heterocycles. The molecule has 0 aliphatic heterocycles. The topological polar surface area (TPSA) is 111 Å². The Balaban J connectivity index is 5.09. The summed E-state index contributed by atoms with van der Waals surface area (Å²) in [5, 5.41) is 3.05. The summed E-state index contributed by atoms with van der Waals surface area (Å²) in [6.07, 6.45) is 80.6. The van der Waals surface area contributed by atoms with E-state index in [1.165, 1.54) is 205 Å². The Morgan fingerprint density at radius 1 is 0.439 bits per heavy atom. The highest BCUT2D eigenvalue weighted by Gasteiger charge is 2.30. The lowest BCUT2D eigenvalue weighted by Gasteiger charge is -2.27. The first-order chi connectivity index (χ1) is 39.9. The molecule has 0 saturated carbocycles. The summed E-state index contributed by atoms with van der Waals surface area (Å²) in [6.45, 7) is 6.99. The molecule has 9 nitrogen and oxygen atoms in total. The lowest BCUT2D eigenvalue weighted by atomic mass is 10.0. The fraction of sp³-hybridized carbons (Fsp3) is 0.806. The Morgan fingerprint density at radius 2 is 0.780 bits per heavy atom. The van der Waals surface area contributed by atoms with Crippen molar-refractivity contribution in [3.8, 4) is 0 Å². The third-order valence-electron chi connectivity index (χ3n) is 15.4. The van der Waals surface area contributed by atoms with E-state index in [4.69, 9.17) is 13.8 Å². The van der Waals surface area contributed by atoms with Gasteiger partial charge in [0.1, 0.15) is 19.3 Å². The number of likely N-dealkylation sites (N-methyl/N-ethyl adjacent to an activating group) is 1. The molecule has 478 valence electrons. The summed E-state index contributed by atoms with van der Waals surface area (Å²) >= 11 is 0. The molecule has 0 radical (unpaired) electrons. The Hall–Kier alpha value is -2.55. The first-order valence-corrected chi connectivity index (χ1v) is 36.3. The van der Waals surface area contributed by atoms with Crippen LogP contribution in [0.3, 0.4) is 0 Å². The molecule has 0 aliphatic carbocycles. The molecular formula is C72H134N2O7P+. The van der Waals surface area contributed by atoms with Gasteiger partial charge < -0.3 is 19.4 Å². The molecule has 82 heavy (non-hydrogen) atoms. The van der Waals surface area contributed by atoms with E-state index in [1.807, 2.05) is 33.3 Å². The number of hydrogen-bond acceptors (Lipinski definition) is 6. The number of quaternary nitrogens is 1. The number of hydrogen-bond donors (Lipinski definition) is 2. The second-order valence-corrected chi connectivity index (χ2v) is 26.2. The van der Waals surface area contributed by atoms with Gasteiger partial charge in [-0.2, -0.15) is 0 Å². The van der Waals surface area contributed by atoms with E-state index >= 15 is 0 Å². The number of nitrogens with one attached hydrogen (secondary N) is 1. The van der Waals surface area contributed by atoms with Crippen LogP contribution in [0.2, 0.25) is 0 Å². The zero-order chi connectivity index (χ0) is 60.0. The average molecular weight is 1170 g/mol. The lowest BCUT2D eigenvalue weighted by molar-refractivity contribution is -0.870. The van der Waals surface area contributed by atoms with Gasteiger partial charge in [0.2, 0.25) is 5.91 Å². The van der Waals surface area contributed by atoms with Crippen LogP contribution in [-0.4, -0.2) is 74.3 Å². The minimum Gasteiger partial charge on any atom is -0.456 e. The number of ether oxygens (including phenoxy) is 1. The Bertz CT molecular complexity index is 1630. The number of unbranched alkanes of at least 4 members (excludes halogenated alkanes) is 38. The fourth-order valence-electron chi connectivity index (χ4n) is 10.00. The molecule has 10 heteroatoms. The summed E-state index contributed by atoms with van der Waals surface area (Å²) in [5.41, 5.74) is 0. The van der Waals surface area contributed by atoms with Gasteiger partial charge in [-0.1, -0.05) is 287 Å². The molecule has 0 aromatic carbocycles. The summed E-state index contributed by atoms with van der Waals surface area (Å²) in [4.78, 5) is 37.8. The van der Waals surface area contributed by atoms with Gasteiger partial charge in [0.05, 0.1) is 33.8 Å². The number of phosphoric ester groups is 1. The van der Waals surface area contributed by atoms with Crippen molar-refractivity contribution < 1.29 is 37.3 Å². The third-order valence-corrected chi connectivity index (χ3v) is 16.4. The molecule has 3 atom stereocenters. The van der Waals surface area contributed by atoms with Gasteiger partial charge in [0.15, 0.2) is 0 Å². The first kappa shape index (κ1) is 79.5. The zero-order valence-corrected chi connectivity index (χ0v) is 55.6. The number of carbonyl (C=O) groups is 2.